The molecule has 1 unspecified atom stereocenters. The first-order chi connectivity index (χ1) is 15.7. The zero-order chi connectivity index (χ0) is 26.0. The minimum absolute atomic E-state index is 0.0674. The first-order valence-electron chi connectivity index (χ1n) is 11.6. The highest BCUT2D eigenvalue weighted by Crippen LogP contribution is 2.35. The molecular weight excluding hydrogens is 432 g/mol. The Kier molecular flexibility index (Phi) is 8.86. The molecule has 6 nitrogen and oxygen atoms in total. The fourth-order valence-corrected chi connectivity index (χ4v) is 4.74. The van der Waals surface area contributed by atoms with Crippen LogP contribution in [0.3, 0.4) is 0 Å². The summed E-state index contributed by atoms with van der Waals surface area (Å²) in [5.74, 6) is 0. The average molecular weight is 473 g/mol. The van der Waals surface area contributed by atoms with Crippen LogP contribution < -0.4 is 0 Å². The van der Waals surface area contributed by atoms with E-state index in [-0.39, 0.29) is 12.8 Å². The van der Waals surface area contributed by atoms with Gasteiger partial charge in [0.15, 0.2) is 0 Å². The molecule has 0 fully saturated rings. The smallest absolute Gasteiger partial charge is 0.126 e. The van der Waals surface area contributed by atoms with Crippen LogP contribution in [0, 0.1) is 41.5 Å². The van der Waals surface area contributed by atoms with Gasteiger partial charge in [0, 0.05) is 12.8 Å². The SMILES string of the molecule is C=CC(O)(Cc1cc(C)cc(C)c1C)[C@@H](O)[C@@](O)(Cc1cc(C)cc(C)c1C)[C@H](O)[C@@H](O)CO. The first-order valence-corrected chi connectivity index (χ1v) is 11.6. The lowest BCUT2D eigenvalue weighted by molar-refractivity contribution is -0.218. The van der Waals surface area contributed by atoms with E-state index in [1.54, 1.807) is 0 Å². The van der Waals surface area contributed by atoms with Crippen LogP contribution in [-0.2, 0) is 12.8 Å². The third-order valence-electron chi connectivity index (χ3n) is 7.15. The Morgan fingerprint density at radius 3 is 1.65 bits per heavy atom. The molecule has 0 aromatic heterocycles. The Balaban J connectivity index is 2.61. The van der Waals surface area contributed by atoms with Gasteiger partial charge in [-0.15, -0.1) is 6.58 Å². The number of aliphatic hydroxyl groups is 6. The summed E-state index contributed by atoms with van der Waals surface area (Å²) in [4.78, 5) is 0. The average Bonchev–Trinajstić information content (AvgIpc) is 2.78. The molecule has 0 amide bonds. The molecule has 0 saturated heterocycles. The van der Waals surface area contributed by atoms with Crippen molar-refractivity contribution in [3.8, 4) is 0 Å². The van der Waals surface area contributed by atoms with Crippen molar-refractivity contribution in [2.24, 2.45) is 0 Å². The van der Waals surface area contributed by atoms with Crippen LogP contribution in [0.5, 0.6) is 0 Å². The van der Waals surface area contributed by atoms with Gasteiger partial charge in [0.1, 0.15) is 29.5 Å². The summed E-state index contributed by atoms with van der Waals surface area (Å²) in [6, 6.07) is 7.73. The maximum absolute atomic E-state index is 11.8. The van der Waals surface area contributed by atoms with Crippen LogP contribution in [-0.4, -0.2) is 66.8 Å². The van der Waals surface area contributed by atoms with E-state index in [1.165, 1.54) is 0 Å². The topological polar surface area (TPSA) is 121 Å². The van der Waals surface area contributed by atoms with Crippen LogP contribution in [0.4, 0.5) is 0 Å². The second-order valence-electron chi connectivity index (χ2n) is 9.87. The zero-order valence-electron chi connectivity index (χ0n) is 21.1. The van der Waals surface area contributed by atoms with E-state index in [9.17, 15) is 30.6 Å². The zero-order valence-corrected chi connectivity index (χ0v) is 21.1. The molecule has 6 N–H and O–H groups in total. The van der Waals surface area contributed by atoms with Crippen LogP contribution >= 0.6 is 0 Å². The fraction of sp³-hybridized carbons (Fsp3) is 0.500. The molecular formula is C28H40O6. The van der Waals surface area contributed by atoms with Crippen LogP contribution in [0.2, 0.25) is 0 Å². The van der Waals surface area contributed by atoms with Gasteiger partial charge in [0.05, 0.1) is 6.61 Å². The summed E-state index contributed by atoms with van der Waals surface area (Å²) < 4.78 is 0. The Morgan fingerprint density at radius 2 is 1.24 bits per heavy atom. The second-order valence-corrected chi connectivity index (χ2v) is 9.87. The highest BCUT2D eigenvalue weighted by Gasteiger charge is 2.53. The van der Waals surface area contributed by atoms with E-state index in [0.29, 0.717) is 5.56 Å². The Hall–Kier alpha value is -2.06. The summed E-state index contributed by atoms with van der Waals surface area (Å²) in [6.45, 7) is 14.4. The number of hydrogen-bond acceptors (Lipinski definition) is 6. The molecule has 2 rings (SSSR count). The predicted octanol–water partition coefficient (Wildman–Crippen LogP) is 2.05. The summed E-state index contributed by atoms with van der Waals surface area (Å²) in [6.07, 6.45) is -4.78. The fourth-order valence-electron chi connectivity index (χ4n) is 4.74. The van der Waals surface area contributed by atoms with Crippen molar-refractivity contribution in [2.45, 2.75) is 83.9 Å². The summed E-state index contributed by atoms with van der Waals surface area (Å²) in [5.41, 5.74) is 2.66. The molecule has 2 aromatic rings. The maximum Gasteiger partial charge on any atom is 0.126 e. The molecule has 0 heterocycles. The summed E-state index contributed by atoms with van der Waals surface area (Å²) in [5, 5.41) is 65.4. The molecule has 188 valence electrons. The van der Waals surface area contributed by atoms with E-state index in [0.717, 1.165) is 45.0 Å². The van der Waals surface area contributed by atoms with Gasteiger partial charge in [-0.05, 0) is 74.9 Å². The second kappa shape index (κ2) is 10.7. The van der Waals surface area contributed by atoms with Gasteiger partial charge in [-0.3, -0.25) is 0 Å². The van der Waals surface area contributed by atoms with Crippen LogP contribution in [0.1, 0.15) is 44.5 Å². The lowest BCUT2D eigenvalue weighted by Gasteiger charge is -2.45. The van der Waals surface area contributed by atoms with E-state index in [4.69, 9.17) is 0 Å². The Labute approximate surface area is 202 Å². The van der Waals surface area contributed by atoms with Gasteiger partial charge in [0.2, 0.25) is 0 Å². The van der Waals surface area contributed by atoms with Gasteiger partial charge in [-0.2, -0.15) is 0 Å². The molecule has 6 heteroatoms. The normalized spacial score (nSPS) is 18.0. The third kappa shape index (κ3) is 5.60. The minimum Gasteiger partial charge on any atom is -0.394 e. The third-order valence-corrected chi connectivity index (χ3v) is 7.15. The molecule has 34 heavy (non-hydrogen) atoms. The molecule has 0 saturated carbocycles. The Morgan fingerprint density at radius 1 is 0.794 bits per heavy atom. The van der Waals surface area contributed by atoms with Gasteiger partial charge in [0.25, 0.3) is 0 Å². The molecule has 0 spiro atoms. The van der Waals surface area contributed by atoms with E-state index >= 15 is 0 Å². The summed E-state index contributed by atoms with van der Waals surface area (Å²) in [7, 11) is 0. The monoisotopic (exact) mass is 472 g/mol. The maximum atomic E-state index is 11.8. The first kappa shape index (κ1) is 28.2. The number of rotatable bonds is 10. The Bertz CT molecular complexity index is 1030. The van der Waals surface area contributed by atoms with Crippen molar-refractivity contribution in [1.82, 2.24) is 0 Å². The van der Waals surface area contributed by atoms with Crippen molar-refractivity contribution in [3.05, 3.63) is 81.4 Å². The van der Waals surface area contributed by atoms with Crippen LogP contribution in [0.25, 0.3) is 0 Å². The largest absolute Gasteiger partial charge is 0.394 e. The quantitative estimate of drug-likeness (QED) is 0.294. The standard InChI is InChI=1S/C28H40O6/c1-8-27(33,13-22-11-16(2)9-18(4)20(22)6)26(32)28(34,25(31)24(30)15-29)14-23-12-17(3)10-19(5)21(23)7/h8-12,24-26,29-34H,1,13-15H2,2-7H3/t24-,25+,26+,27?,28+/m0/s1. The lowest BCUT2D eigenvalue weighted by Crippen LogP contribution is -2.66. The van der Waals surface area contributed by atoms with E-state index in [1.807, 2.05) is 65.8 Å². The van der Waals surface area contributed by atoms with Crippen LogP contribution in [0.15, 0.2) is 36.9 Å². The van der Waals surface area contributed by atoms with E-state index in [2.05, 4.69) is 6.58 Å². The number of benzene rings is 2. The van der Waals surface area contributed by atoms with Gasteiger partial charge < -0.3 is 30.6 Å². The molecule has 0 bridgehead atoms. The van der Waals surface area contributed by atoms with Gasteiger partial charge in [-0.1, -0.05) is 41.5 Å². The van der Waals surface area contributed by atoms with Crippen molar-refractivity contribution in [3.63, 3.8) is 0 Å². The van der Waals surface area contributed by atoms with Crippen molar-refractivity contribution < 1.29 is 30.6 Å². The predicted molar refractivity (Wildman–Crippen MR) is 134 cm³/mol. The molecule has 0 radical (unpaired) electrons. The molecule has 0 aliphatic rings. The van der Waals surface area contributed by atoms with Gasteiger partial charge >= 0.3 is 0 Å². The summed E-state index contributed by atoms with van der Waals surface area (Å²) >= 11 is 0. The lowest BCUT2D eigenvalue weighted by atomic mass is 9.72. The van der Waals surface area contributed by atoms with Crippen molar-refractivity contribution in [2.75, 3.05) is 6.61 Å². The number of aryl methyl sites for hydroxylation is 4. The highest BCUT2D eigenvalue weighted by atomic mass is 16.4. The minimum atomic E-state index is -2.40. The number of aliphatic hydroxyl groups excluding tert-OH is 4. The molecule has 0 aliphatic carbocycles. The van der Waals surface area contributed by atoms with Crippen molar-refractivity contribution >= 4 is 0 Å². The van der Waals surface area contributed by atoms with Crippen molar-refractivity contribution in [1.29, 1.82) is 0 Å². The highest BCUT2D eigenvalue weighted by molar-refractivity contribution is 5.41. The molecule has 0 aliphatic heterocycles. The molecule has 5 atom stereocenters. The van der Waals surface area contributed by atoms with Gasteiger partial charge in [-0.25, -0.2) is 0 Å². The molecule has 2 aromatic carbocycles. The number of hydrogen-bond donors (Lipinski definition) is 6. The van der Waals surface area contributed by atoms with E-state index < -0.39 is 36.1 Å².